The largest absolute Gasteiger partial charge is 0.495 e. The lowest BCUT2D eigenvalue weighted by Gasteiger charge is -2.25. The number of anilines is 1. The van der Waals surface area contributed by atoms with Crippen LogP contribution < -0.4 is 10.1 Å². The summed E-state index contributed by atoms with van der Waals surface area (Å²) < 4.78 is 5.28. The summed E-state index contributed by atoms with van der Waals surface area (Å²) in [5.41, 5.74) is 1.71. The SMILES string of the molecule is COc1ccccc1NC(=O)N1CCS[C@H]1c1cccc(Cl)c1. The van der Waals surface area contributed by atoms with Crippen LogP contribution in [0, 0.1) is 0 Å². The average molecular weight is 349 g/mol. The van der Waals surface area contributed by atoms with Gasteiger partial charge in [-0.15, -0.1) is 11.8 Å². The van der Waals surface area contributed by atoms with Crippen molar-refractivity contribution in [2.75, 3.05) is 24.7 Å². The van der Waals surface area contributed by atoms with Gasteiger partial charge in [0.15, 0.2) is 0 Å². The van der Waals surface area contributed by atoms with E-state index in [4.69, 9.17) is 16.3 Å². The highest BCUT2D eigenvalue weighted by atomic mass is 35.5. The summed E-state index contributed by atoms with van der Waals surface area (Å²) >= 11 is 7.81. The highest BCUT2D eigenvalue weighted by Gasteiger charge is 2.31. The second-order valence-electron chi connectivity index (χ2n) is 5.10. The molecule has 23 heavy (non-hydrogen) atoms. The van der Waals surface area contributed by atoms with Crippen molar-refractivity contribution < 1.29 is 9.53 Å². The Labute approximate surface area is 144 Å². The van der Waals surface area contributed by atoms with Gasteiger partial charge in [-0.3, -0.25) is 0 Å². The van der Waals surface area contributed by atoms with Crippen LogP contribution in [0.2, 0.25) is 5.02 Å². The molecule has 1 N–H and O–H groups in total. The molecule has 1 heterocycles. The summed E-state index contributed by atoms with van der Waals surface area (Å²) in [6.45, 7) is 0.697. The van der Waals surface area contributed by atoms with E-state index in [0.717, 1.165) is 11.3 Å². The van der Waals surface area contributed by atoms with Gasteiger partial charge >= 0.3 is 6.03 Å². The first kappa shape index (κ1) is 16.0. The summed E-state index contributed by atoms with van der Waals surface area (Å²) in [6.07, 6.45) is 0. The van der Waals surface area contributed by atoms with Crippen molar-refractivity contribution in [1.29, 1.82) is 0 Å². The summed E-state index contributed by atoms with van der Waals surface area (Å²) in [7, 11) is 1.59. The highest BCUT2D eigenvalue weighted by Crippen LogP contribution is 2.39. The minimum Gasteiger partial charge on any atom is -0.495 e. The fourth-order valence-corrected chi connectivity index (χ4v) is 3.99. The number of carbonyl (C=O) groups excluding carboxylic acids is 1. The predicted molar refractivity (Wildman–Crippen MR) is 95.4 cm³/mol. The number of benzene rings is 2. The van der Waals surface area contributed by atoms with E-state index in [1.165, 1.54) is 0 Å². The van der Waals surface area contributed by atoms with Gasteiger partial charge in [-0.05, 0) is 29.8 Å². The summed E-state index contributed by atoms with van der Waals surface area (Å²) in [5.74, 6) is 1.54. The third-order valence-electron chi connectivity index (χ3n) is 3.63. The van der Waals surface area contributed by atoms with Crippen molar-refractivity contribution in [2.45, 2.75) is 5.37 Å². The van der Waals surface area contributed by atoms with Gasteiger partial charge in [-0.1, -0.05) is 35.9 Å². The van der Waals surface area contributed by atoms with Gasteiger partial charge in [-0.25, -0.2) is 4.79 Å². The fraction of sp³-hybridized carbons (Fsp3) is 0.235. The Kier molecular flexibility index (Phi) is 4.98. The van der Waals surface area contributed by atoms with Gasteiger partial charge in [-0.2, -0.15) is 0 Å². The van der Waals surface area contributed by atoms with E-state index >= 15 is 0 Å². The predicted octanol–water partition coefficient (Wildman–Crippen LogP) is 4.63. The molecule has 0 bridgehead atoms. The quantitative estimate of drug-likeness (QED) is 0.879. The van der Waals surface area contributed by atoms with Crippen LogP contribution >= 0.6 is 23.4 Å². The number of urea groups is 1. The van der Waals surface area contributed by atoms with Crippen molar-refractivity contribution in [1.82, 2.24) is 4.90 Å². The molecule has 2 aromatic carbocycles. The lowest BCUT2D eigenvalue weighted by molar-refractivity contribution is 0.214. The van der Waals surface area contributed by atoms with E-state index in [1.54, 1.807) is 18.9 Å². The molecule has 1 aliphatic heterocycles. The first-order valence-corrected chi connectivity index (χ1v) is 8.69. The van der Waals surface area contributed by atoms with Gasteiger partial charge in [0.05, 0.1) is 12.8 Å². The Morgan fingerprint density at radius 2 is 2.13 bits per heavy atom. The number of thioether (sulfide) groups is 1. The van der Waals surface area contributed by atoms with Crippen LogP contribution in [0.15, 0.2) is 48.5 Å². The van der Waals surface area contributed by atoms with Gasteiger partial charge in [0.2, 0.25) is 0 Å². The topological polar surface area (TPSA) is 41.6 Å². The molecule has 120 valence electrons. The van der Waals surface area contributed by atoms with Crippen LogP contribution in [0.3, 0.4) is 0 Å². The summed E-state index contributed by atoms with van der Waals surface area (Å²) in [4.78, 5) is 14.5. The van der Waals surface area contributed by atoms with Crippen molar-refractivity contribution in [3.63, 3.8) is 0 Å². The van der Waals surface area contributed by atoms with Crippen LogP contribution in [0.4, 0.5) is 10.5 Å². The minimum absolute atomic E-state index is 0.0246. The number of halogens is 1. The van der Waals surface area contributed by atoms with Gasteiger partial charge in [0.25, 0.3) is 0 Å². The van der Waals surface area contributed by atoms with Crippen molar-refractivity contribution in [3.05, 3.63) is 59.1 Å². The molecule has 0 aliphatic carbocycles. The number of amides is 2. The average Bonchev–Trinajstić information content (AvgIpc) is 3.05. The monoisotopic (exact) mass is 348 g/mol. The molecule has 3 rings (SSSR count). The zero-order valence-electron chi connectivity index (χ0n) is 12.7. The zero-order chi connectivity index (χ0) is 16.2. The van der Waals surface area contributed by atoms with Crippen LogP contribution in [-0.2, 0) is 0 Å². The molecule has 6 heteroatoms. The summed E-state index contributed by atoms with van der Waals surface area (Å²) in [6, 6.07) is 14.9. The number of carbonyl (C=O) groups is 1. The van der Waals surface area contributed by atoms with E-state index < -0.39 is 0 Å². The molecule has 1 atom stereocenters. The number of hydrogen-bond acceptors (Lipinski definition) is 3. The molecule has 0 saturated carbocycles. The van der Waals surface area contributed by atoms with E-state index in [9.17, 15) is 4.79 Å². The lowest BCUT2D eigenvalue weighted by Crippen LogP contribution is -2.34. The Morgan fingerprint density at radius 3 is 2.91 bits per heavy atom. The molecular formula is C17H17ClN2O2S. The maximum atomic E-state index is 12.7. The number of para-hydroxylation sites is 2. The molecule has 1 aliphatic rings. The number of nitrogens with zero attached hydrogens (tertiary/aromatic N) is 1. The van der Waals surface area contributed by atoms with E-state index in [0.29, 0.717) is 23.0 Å². The van der Waals surface area contributed by atoms with Crippen LogP contribution in [0.5, 0.6) is 5.75 Å². The van der Waals surface area contributed by atoms with E-state index in [2.05, 4.69) is 5.32 Å². The summed E-state index contributed by atoms with van der Waals surface area (Å²) in [5, 5.41) is 3.59. The van der Waals surface area contributed by atoms with Gasteiger partial charge in [0, 0.05) is 17.3 Å². The Hall–Kier alpha value is -1.85. The normalized spacial score (nSPS) is 17.1. The van der Waals surface area contributed by atoms with Crippen molar-refractivity contribution in [2.24, 2.45) is 0 Å². The maximum Gasteiger partial charge on any atom is 0.323 e. The molecule has 0 unspecified atom stereocenters. The second kappa shape index (κ2) is 7.15. The van der Waals surface area contributed by atoms with Crippen LogP contribution in [-0.4, -0.2) is 30.3 Å². The van der Waals surface area contributed by atoms with Crippen molar-refractivity contribution >= 4 is 35.1 Å². The Balaban J connectivity index is 1.78. The van der Waals surface area contributed by atoms with Gasteiger partial charge in [0.1, 0.15) is 11.1 Å². The second-order valence-corrected chi connectivity index (χ2v) is 6.73. The smallest absolute Gasteiger partial charge is 0.323 e. The first-order chi connectivity index (χ1) is 11.2. The molecular weight excluding hydrogens is 332 g/mol. The Bertz CT molecular complexity index is 710. The molecule has 1 fully saturated rings. The third kappa shape index (κ3) is 3.57. The third-order valence-corrected chi connectivity index (χ3v) is 5.13. The fourth-order valence-electron chi connectivity index (χ4n) is 2.55. The number of ether oxygens (including phenoxy) is 1. The standard InChI is InChI=1S/C17H17ClN2O2S/c1-22-15-8-3-2-7-14(15)19-17(21)20-9-10-23-16(20)12-5-4-6-13(18)11-12/h2-8,11,16H,9-10H2,1H3,(H,19,21)/t16-/m0/s1. The van der Waals surface area contributed by atoms with Gasteiger partial charge < -0.3 is 15.0 Å². The number of rotatable bonds is 3. The Morgan fingerprint density at radius 1 is 1.30 bits per heavy atom. The lowest BCUT2D eigenvalue weighted by atomic mass is 10.2. The minimum atomic E-state index is -0.135. The number of methoxy groups -OCH3 is 1. The maximum absolute atomic E-state index is 12.7. The number of nitrogens with one attached hydrogen (secondary N) is 1. The molecule has 0 spiro atoms. The van der Waals surface area contributed by atoms with E-state index in [-0.39, 0.29) is 11.4 Å². The zero-order valence-corrected chi connectivity index (χ0v) is 14.2. The molecule has 0 radical (unpaired) electrons. The molecule has 2 amide bonds. The molecule has 2 aromatic rings. The first-order valence-electron chi connectivity index (χ1n) is 7.27. The number of hydrogen-bond donors (Lipinski definition) is 1. The van der Waals surface area contributed by atoms with Crippen LogP contribution in [0.1, 0.15) is 10.9 Å². The van der Waals surface area contributed by atoms with E-state index in [1.807, 2.05) is 53.4 Å². The molecule has 1 saturated heterocycles. The molecule has 0 aromatic heterocycles. The highest BCUT2D eigenvalue weighted by molar-refractivity contribution is 7.99. The van der Waals surface area contributed by atoms with Crippen LogP contribution in [0.25, 0.3) is 0 Å². The van der Waals surface area contributed by atoms with Crippen molar-refractivity contribution in [3.8, 4) is 5.75 Å². The molecule has 4 nitrogen and oxygen atoms in total.